The zero-order chi connectivity index (χ0) is 6.69. The van der Waals surface area contributed by atoms with E-state index in [4.69, 9.17) is 0 Å². The summed E-state index contributed by atoms with van der Waals surface area (Å²) in [4.78, 5) is 3.65. The second-order valence-electron chi connectivity index (χ2n) is 1.76. The van der Waals surface area contributed by atoms with Crippen LogP contribution in [0.25, 0.3) is 0 Å². The van der Waals surface area contributed by atoms with Crippen molar-refractivity contribution in [3.05, 3.63) is 11.8 Å². The number of aryl methyl sites for hydroxylation is 1. The van der Waals surface area contributed by atoms with Gasteiger partial charge < -0.3 is 0 Å². The first kappa shape index (κ1) is 6.01. The van der Waals surface area contributed by atoms with Crippen LogP contribution >= 0.6 is 0 Å². The molecule has 3 heteroatoms. The van der Waals surface area contributed by atoms with Gasteiger partial charge >= 0.3 is 0 Å². The summed E-state index contributed by atoms with van der Waals surface area (Å²) in [6, 6.07) is 1.88. The largest absolute Gasteiger partial charge is 0.280 e. The van der Waals surface area contributed by atoms with Gasteiger partial charge in [0, 0.05) is 11.8 Å². The average molecular weight is 123 g/mol. The van der Waals surface area contributed by atoms with Crippen molar-refractivity contribution in [2.45, 2.75) is 13.3 Å². The summed E-state index contributed by atoms with van der Waals surface area (Å²) >= 11 is 0. The molecule has 0 fully saturated rings. The van der Waals surface area contributed by atoms with Crippen LogP contribution in [-0.2, 0) is 6.42 Å². The van der Waals surface area contributed by atoms with E-state index in [2.05, 4.69) is 28.8 Å². The van der Waals surface area contributed by atoms with Crippen molar-refractivity contribution in [2.24, 2.45) is 4.99 Å². The second-order valence-corrected chi connectivity index (χ2v) is 1.76. The lowest BCUT2D eigenvalue weighted by Crippen LogP contribution is -1.75. The summed E-state index contributed by atoms with van der Waals surface area (Å²) < 4.78 is 0. The van der Waals surface area contributed by atoms with E-state index in [0.717, 1.165) is 12.1 Å². The van der Waals surface area contributed by atoms with Crippen molar-refractivity contribution in [3.8, 4) is 0 Å². The lowest BCUT2D eigenvalue weighted by atomic mass is 10.3. The van der Waals surface area contributed by atoms with Gasteiger partial charge in [-0.3, -0.25) is 5.10 Å². The van der Waals surface area contributed by atoms with Crippen molar-refractivity contribution < 1.29 is 0 Å². The molecule has 1 heterocycles. The van der Waals surface area contributed by atoms with Gasteiger partial charge in [-0.1, -0.05) is 6.92 Å². The highest BCUT2D eigenvalue weighted by Gasteiger charge is 1.92. The molecule has 9 heavy (non-hydrogen) atoms. The van der Waals surface area contributed by atoms with Crippen molar-refractivity contribution >= 4 is 12.5 Å². The van der Waals surface area contributed by atoms with E-state index in [-0.39, 0.29) is 0 Å². The molecule has 0 amide bonds. The van der Waals surface area contributed by atoms with Crippen LogP contribution in [0.2, 0.25) is 0 Å². The van der Waals surface area contributed by atoms with Crippen LogP contribution in [0.1, 0.15) is 12.6 Å². The summed E-state index contributed by atoms with van der Waals surface area (Å²) in [7, 11) is 0. The number of H-pyrrole nitrogens is 1. The smallest absolute Gasteiger partial charge is 0.173 e. The van der Waals surface area contributed by atoms with Gasteiger partial charge in [0.1, 0.15) is 0 Å². The van der Waals surface area contributed by atoms with Gasteiger partial charge in [-0.15, -0.1) is 0 Å². The summed E-state index contributed by atoms with van der Waals surface area (Å²) in [5, 5.41) is 6.67. The van der Waals surface area contributed by atoms with Gasteiger partial charge in [0.05, 0.1) is 0 Å². The SMILES string of the molecule is C=Nc1cc(CC)[nH]n1. The topological polar surface area (TPSA) is 41.0 Å². The van der Waals surface area contributed by atoms with E-state index in [9.17, 15) is 0 Å². The molecule has 0 aromatic carbocycles. The van der Waals surface area contributed by atoms with Crippen LogP contribution in [0, 0.1) is 0 Å². The third-order valence-corrected chi connectivity index (χ3v) is 1.16. The number of rotatable bonds is 2. The van der Waals surface area contributed by atoms with E-state index < -0.39 is 0 Å². The monoisotopic (exact) mass is 123 g/mol. The zero-order valence-electron chi connectivity index (χ0n) is 5.39. The maximum atomic E-state index is 3.85. The molecule has 0 aliphatic rings. The van der Waals surface area contributed by atoms with E-state index >= 15 is 0 Å². The normalized spacial score (nSPS) is 9.44. The van der Waals surface area contributed by atoms with Gasteiger partial charge in [0.15, 0.2) is 5.82 Å². The summed E-state index contributed by atoms with van der Waals surface area (Å²) in [5.74, 6) is 0.673. The molecular weight excluding hydrogens is 114 g/mol. The molecular formula is C6H9N3. The standard InChI is InChI=1S/C6H9N3/c1-3-5-4-6(7-2)9-8-5/h4H,2-3H2,1H3,(H,8,9). The van der Waals surface area contributed by atoms with Crippen LogP contribution in [0.5, 0.6) is 0 Å². The molecule has 0 saturated carbocycles. The highest BCUT2D eigenvalue weighted by Crippen LogP contribution is 2.07. The molecule has 1 aromatic heterocycles. The molecule has 0 spiro atoms. The first-order valence-electron chi connectivity index (χ1n) is 2.88. The van der Waals surface area contributed by atoms with Crippen molar-refractivity contribution in [1.82, 2.24) is 10.2 Å². The Morgan fingerprint density at radius 3 is 3.00 bits per heavy atom. The molecule has 48 valence electrons. The fraction of sp³-hybridized carbons (Fsp3) is 0.333. The van der Waals surface area contributed by atoms with E-state index in [0.29, 0.717) is 5.82 Å². The fourth-order valence-corrected chi connectivity index (χ4v) is 0.612. The van der Waals surface area contributed by atoms with E-state index in [1.165, 1.54) is 0 Å². The molecule has 0 radical (unpaired) electrons. The Hall–Kier alpha value is -1.12. The number of aromatic amines is 1. The predicted molar refractivity (Wildman–Crippen MR) is 37.2 cm³/mol. The third-order valence-electron chi connectivity index (χ3n) is 1.16. The first-order valence-corrected chi connectivity index (χ1v) is 2.88. The van der Waals surface area contributed by atoms with Gasteiger partial charge in [-0.2, -0.15) is 5.10 Å². The van der Waals surface area contributed by atoms with Crippen LogP contribution < -0.4 is 0 Å². The minimum atomic E-state index is 0.673. The summed E-state index contributed by atoms with van der Waals surface area (Å²) in [6.07, 6.45) is 0.961. The van der Waals surface area contributed by atoms with Crippen molar-refractivity contribution in [2.75, 3.05) is 0 Å². The van der Waals surface area contributed by atoms with Crippen molar-refractivity contribution in [3.63, 3.8) is 0 Å². The van der Waals surface area contributed by atoms with Crippen LogP contribution in [0.15, 0.2) is 11.1 Å². The Balaban J connectivity index is 2.86. The molecule has 1 aromatic rings. The lowest BCUT2D eigenvalue weighted by Gasteiger charge is -1.79. The summed E-state index contributed by atoms with van der Waals surface area (Å²) in [5.41, 5.74) is 1.09. The number of nitrogens with zero attached hydrogens (tertiary/aromatic N) is 2. The Morgan fingerprint density at radius 1 is 1.89 bits per heavy atom. The molecule has 0 bridgehead atoms. The molecule has 1 rings (SSSR count). The number of aromatic nitrogens is 2. The average Bonchev–Trinajstić information content (AvgIpc) is 2.34. The highest BCUT2D eigenvalue weighted by molar-refractivity contribution is 5.39. The maximum absolute atomic E-state index is 3.85. The third kappa shape index (κ3) is 1.16. The second kappa shape index (κ2) is 2.44. The number of hydrogen-bond donors (Lipinski definition) is 1. The predicted octanol–water partition coefficient (Wildman–Crippen LogP) is 1.30. The summed E-state index contributed by atoms with van der Waals surface area (Å²) in [6.45, 7) is 5.40. The quantitative estimate of drug-likeness (QED) is 0.592. The minimum Gasteiger partial charge on any atom is -0.280 e. The number of aliphatic imine (C=N–C) groups is 1. The number of nitrogens with one attached hydrogen (secondary N) is 1. The molecule has 1 N–H and O–H groups in total. The lowest BCUT2D eigenvalue weighted by molar-refractivity contribution is 0.974. The van der Waals surface area contributed by atoms with Gasteiger partial charge in [0.2, 0.25) is 0 Å². The maximum Gasteiger partial charge on any atom is 0.173 e. The molecule has 0 unspecified atom stereocenters. The Kier molecular flexibility index (Phi) is 1.63. The van der Waals surface area contributed by atoms with Crippen LogP contribution in [0.3, 0.4) is 0 Å². The molecule has 0 aliphatic heterocycles. The molecule has 0 saturated heterocycles. The Bertz CT molecular complexity index is 202. The van der Waals surface area contributed by atoms with Gasteiger partial charge in [0.25, 0.3) is 0 Å². The fourth-order valence-electron chi connectivity index (χ4n) is 0.612. The van der Waals surface area contributed by atoms with Crippen molar-refractivity contribution in [1.29, 1.82) is 0 Å². The van der Waals surface area contributed by atoms with Crippen LogP contribution in [0.4, 0.5) is 5.82 Å². The molecule has 0 atom stereocenters. The van der Waals surface area contributed by atoms with Gasteiger partial charge in [-0.25, -0.2) is 4.99 Å². The van der Waals surface area contributed by atoms with Gasteiger partial charge in [-0.05, 0) is 13.1 Å². The van der Waals surface area contributed by atoms with Crippen LogP contribution in [-0.4, -0.2) is 16.9 Å². The Labute approximate surface area is 53.8 Å². The molecule has 3 nitrogen and oxygen atoms in total. The zero-order valence-corrected chi connectivity index (χ0v) is 5.39. The Morgan fingerprint density at radius 2 is 2.67 bits per heavy atom. The van der Waals surface area contributed by atoms with E-state index in [1.807, 2.05) is 6.07 Å². The highest BCUT2D eigenvalue weighted by atomic mass is 15.2. The molecule has 0 aliphatic carbocycles. The number of hydrogen-bond acceptors (Lipinski definition) is 2. The first-order chi connectivity index (χ1) is 4.36. The minimum absolute atomic E-state index is 0.673. The van der Waals surface area contributed by atoms with E-state index in [1.54, 1.807) is 0 Å².